The van der Waals surface area contributed by atoms with E-state index in [4.69, 9.17) is 10.5 Å². The first-order valence-electron chi connectivity index (χ1n) is 10.9. The molecule has 3 unspecified atom stereocenters. The van der Waals surface area contributed by atoms with Gasteiger partial charge in [0, 0.05) is 51.9 Å². The third-order valence-electron chi connectivity index (χ3n) is 7.23. The zero-order valence-corrected chi connectivity index (χ0v) is 16.7. The van der Waals surface area contributed by atoms with Gasteiger partial charge >= 0.3 is 0 Å². The van der Waals surface area contributed by atoms with Gasteiger partial charge in [-0.25, -0.2) is 0 Å². The van der Waals surface area contributed by atoms with E-state index in [0.29, 0.717) is 38.8 Å². The summed E-state index contributed by atoms with van der Waals surface area (Å²) < 4.78 is 5.51. The smallest absolute Gasteiger partial charge is 0.251 e. The van der Waals surface area contributed by atoms with Crippen LogP contribution in [0.2, 0.25) is 0 Å². The normalized spacial score (nSPS) is 35.2. The number of amides is 2. The molecule has 4 saturated heterocycles. The molecule has 4 heterocycles. The number of hydrogen-bond donors (Lipinski definition) is 2. The highest BCUT2D eigenvalue weighted by Gasteiger charge is 2.52. The lowest BCUT2D eigenvalue weighted by Crippen LogP contribution is -2.60. The second kappa shape index (κ2) is 8.26. The summed E-state index contributed by atoms with van der Waals surface area (Å²) in [6.45, 7) is 4.65. The van der Waals surface area contributed by atoms with Gasteiger partial charge in [-0.1, -0.05) is 0 Å². The monoisotopic (exact) mass is 394 g/mol. The maximum absolute atomic E-state index is 12.5. The van der Waals surface area contributed by atoms with Crippen LogP contribution in [-0.2, 0) is 14.3 Å². The highest BCUT2D eigenvalue weighted by molar-refractivity contribution is 5.85. The number of β-amino-alcohol motifs (C(OH)–C–C–N with tert-alkyl or cyclic N) is 1. The Bertz CT molecular complexity index is 585. The Morgan fingerprint density at radius 3 is 2.54 bits per heavy atom. The summed E-state index contributed by atoms with van der Waals surface area (Å²) in [6, 6.07) is 0.372. The largest absolute Gasteiger partial charge is 0.390 e. The number of fused-ring (bicyclic) bond motifs is 2. The second-order valence-electron chi connectivity index (χ2n) is 8.91. The summed E-state index contributed by atoms with van der Waals surface area (Å²) >= 11 is 0. The van der Waals surface area contributed by atoms with Gasteiger partial charge in [0.1, 0.15) is 11.6 Å². The van der Waals surface area contributed by atoms with Gasteiger partial charge in [-0.05, 0) is 44.9 Å². The molecule has 0 saturated carbocycles. The van der Waals surface area contributed by atoms with Gasteiger partial charge in [-0.3, -0.25) is 19.4 Å². The zero-order valence-electron chi connectivity index (χ0n) is 16.7. The molecule has 0 aromatic heterocycles. The lowest BCUT2D eigenvalue weighted by molar-refractivity contribution is -0.142. The minimum atomic E-state index is -0.545. The number of piperazine rings is 1. The van der Waals surface area contributed by atoms with Crippen molar-refractivity contribution in [1.29, 1.82) is 0 Å². The van der Waals surface area contributed by atoms with E-state index >= 15 is 0 Å². The van der Waals surface area contributed by atoms with Gasteiger partial charge in [-0.2, -0.15) is 0 Å². The number of primary amides is 1. The standard InChI is InChI=1S/C20H34N4O4/c21-19(27)20-6-1-3-15(5-7-20)24(20)14-16(25)13-22-8-10-23(11-9-22)18(26)17-4-2-12-28-17/h15-17,25H,1-14H2,(H2,21,27)/t15-,16?,17?,20?/m1/s1. The first-order valence-corrected chi connectivity index (χ1v) is 10.9. The molecule has 8 heteroatoms. The van der Waals surface area contributed by atoms with Crippen molar-refractivity contribution in [3.8, 4) is 0 Å². The highest BCUT2D eigenvalue weighted by atomic mass is 16.5. The number of hydrogen-bond acceptors (Lipinski definition) is 6. The van der Waals surface area contributed by atoms with Crippen LogP contribution in [0.5, 0.6) is 0 Å². The summed E-state index contributed by atoms with van der Waals surface area (Å²) in [4.78, 5) is 30.9. The summed E-state index contributed by atoms with van der Waals surface area (Å²) in [6.07, 6.45) is 5.80. The molecule has 158 valence electrons. The molecule has 2 bridgehead atoms. The number of ether oxygens (including phenoxy) is 1. The van der Waals surface area contributed by atoms with Crippen molar-refractivity contribution in [2.75, 3.05) is 45.9 Å². The fourth-order valence-electron chi connectivity index (χ4n) is 5.67. The number of rotatable bonds is 6. The minimum absolute atomic E-state index is 0.117. The van der Waals surface area contributed by atoms with Crippen LogP contribution in [0.3, 0.4) is 0 Å². The molecule has 0 radical (unpaired) electrons. The fourth-order valence-corrected chi connectivity index (χ4v) is 5.67. The molecule has 0 aliphatic carbocycles. The quantitative estimate of drug-likeness (QED) is 0.633. The minimum Gasteiger partial charge on any atom is -0.390 e. The highest BCUT2D eigenvalue weighted by Crippen LogP contribution is 2.43. The van der Waals surface area contributed by atoms with E-state index in [1.807, 2.05) is 4.90 Å². The predicted octanol–water partition coefficient (Wildman–Crippen LogP) is -0.457. The first-order chi connectivity index (χ1) is 13.5. The average Bonchev–Trinajstić information content (AvgIpc) is 3.27. The number of nitrogens with zero attached hydrogens (tertiary/aromatic N) is 3. The van der Waals surface area contributed by atoms with E-state index in [9.17, 15) is 14.7 Å². The maximum Gasteiger partial charge on any atom is 0.251 e. The van der Waals surface area contributed by atoms with Crippen LogP contribution in [0, 0.1) is 0 Å². The van der Waals surface area contributed by atoms with Gasteiger partial charge < -0.3 is 20.5 Å². The Hall–Kier alpha value is -1.22. The van der Waals surface area contributed by atoms with Crippen LogP contribution in [0.15, 0.2) is 0 Å². The molecular formula is C20H34N4O4. The number of carbonyl (C=O) groups is 2. The predicted molar refractivity (Wildman–Crippen MR) is 104 cm³/mol. The molecule has 4 aliphatic heterocycles. The third-order valence-corrected chi connectivity index (χ3v) is 7.23. The number of aliphatic hydroxyl groups is 1. The van der Waals surface area contributed by atoms with E-state index < -0.39 is 11.6 Å². The molecule has 3 N–H and O–H groups in total. The summed E-state index contributed by atoms with van der Waals surface area (Å²) in [5, 5.41) is 10.7. The van der Waals surface area contributed by atoms with E-state index in [1.54, 1.807) is 0 Å². The van der Waals surface area contributed by atoms with Crippen LogP contribution in [0.4, 0.5) is 0 Å². The molecule has 0 aromatic carbocycles. The summed E-state index contributed by atoms with van der Waals surface area (Å²) in [5.74, 6) is -0.117. The molecule has 0 aromatic rings. The Balaban J connectivity index is 1.26. The summed E-state index contributed by atoms with van der Waals surface area (Å²) in [5.41, 5.74) is 5.22. The van der Waals surface area contributed by atoms with E-state index in [0.717, 1.165) is 58.0 Å². The molecule has 4 rings (SSSR count). The molecule has 28 heavy (non-hydrogen) atoms. The van der Waals surface area contributed by atoms with Crippen LogP contribution in [-0.4, -0.2) is 101 Å². The van der Waals surface area contributed by atoms with Crippen molar-refractivity contribution >= 4 is 11.8 Å². The van der Waals surface area contributed by atoms with Crippen molar-refractivity contribution in [3.63, 3.8) is 0 Å². The van der Waals surface area contributed by atoms with Crippen LogP contribution in [0.1, 0.15) is 44.9 Å². The van der Waals surface area contributed by atoms with E-state index in [1.165, 1.54) is 0 Å². The van der Waals surface area contributed by atoms with Crippen LogP contribution < -0.4 is 5.73 Å². The van der Waals surface area contributed by atoms with Crippen molar-refractivity contribution < 1.29 is 19.4 Å². The molecule has 0 spiro atoms. The number of carbonyl (C=O) groups excluding carboxylic acids is 2. The Kier molecular flexibility index (Phi) is 5.92. The lowest BCUT2D eigenvalue weighted by atomic mass is 9.87. The molecule has 8 nitrogen and oxygen atoms in total. The molecule has 2 amide bonds. The van der Waals surface area contributed by atoms with Gasteiger partial charge in [0.05, 0.1) is 6.10 Å². The Morgan fingerprint density at radius 2 is 1.86 bits per heavy atom. The van der Waals surface area contributed by atoms with Crippen molar-refractivity contribution in [3.05, 3.63) is 0 Å². The second-order valence-corrected chi connectivity index (χ2v) is 8.91. The van der Waals surface area contributed by atoms with E-state index in [-0.39, 0.29) is 17.9 Å². The number of nitrogens with two attached hydrogens (primary N) is 1. The van der Waals surface area contributed by atoms with Crippen LogP contribution in [0.25, 0.3) is 0 Å². The molecule has 4 atom stereocenters. The average molecular weight is 395 g/mol. The maximum atomic E-state index is 12.5. The summed E-state index contributed by atoms with van der Waals surface area (Å²) in [7, 11) is 0. The third kappa shape index (κ3) is 3.79. The SMILES string of the molecule is NC(=O)C12CCC[C@H](CC1)N2CC(O)CN1CCN(C(=O)C2CCCO2)CC1. The van der Waals surface area contributed by atoms with Crippen molar-refractivity contribution in [2.24, 2.45) is 5.73 Å². The number of piperidine rings is 1. The fraction of sp³-hybridized carbons (Fsp3) is 0.900. The molecule has 4 fully saturated rings. The van der Waals surface area contributed by atoms with Crippen molar-refractivity contribution in [2.45, 2.75) is 68.7 Å². The zero-order chi connectivity index (χ0) is 19.7. The van der Waals surface area contributed by atoms with Gasteiger partial charge in [0.25, 0.3) is 5.91 Å². The van der Waals surface area contributed by atoms with Gasteiger partial charge in [0.2, 0.25) is 5.91 Å². The van der Waals surface area contributed by atoms with Crippen molar-refractivity contribution in [1.82, 2.24) is 14.7 Å². The first kappa shape index (κ1) is 20.1. The number of aliphatic hydroxyl groups excluding tert-OH is 1. The van der Waals surface area contributed by atoms with Crippen LogP contribution >= 0.6 is 0 Å². The van der Waals surface area contributed by atoms with Gasteiger partial charge in [0.15, 0.2) is 0 Å². The molecule has 4 aliphatic rings. The topological polar surface area (TPSA) is 99.3 Å². The Labute approximate surface area is 167 Å². The van der Waals surface area contributed by atoms with Gasteiger partial charge in [-0.15, -0.1) is 0 Å². The lowest BCUT2D eigenvalue weighted by Gasteiger charge is -2.44. The van der Waals surface area contributed by atoms with E-state index in [2.05, 4.69) is 9.80 Å². The Morgan fingerprint density at radius 1 is 1.07 bits per heavy atom. The molecular weight excluding hydrogens is 360 g/mol.